The Hall–Kier alpha value is -5.04. The molecule has 1 aliphatic heterocycles. The number of hydrogen-bond acceptors (Lipinski definition) is 8. The molecule has 1 saturated heterocycles. The second-order valence-corrected chi connectivity index (χ2v) is 10.3. The Balaban J connectivity index is 1.17. The number of aromatic nitrogens is 5. The normalized spacial score (nSPS) is 14.2. The smallest absolute Gasteiger partial charge is 0.282 e. The zero-order valence-corrected chi connectivity index (χ0v) is 23.4. The summed E-state index contributed by atoms with van der Waals surface area (Å²) in [4.78, 5) is 32.3. The van der Waals surface area contributed by atoms with Crippen LogP contribution in [-0.4, -0.2) is 68.1 Å². The molecule has 5 aromatic rings. The predicted molar refractivity (Wildman–Crippen MR) is 154 cm³/mol. The number of nitrogens with zero attached hydrogens (tertiary/aromatic N) is 5. The van der Waals surface area contributed by atoms with Gasteiger partial charge < -0.3 is 14.4 Å². The van der Waals surface area contributed by atoms with Crippen molar-refractivity contribution in [2.75, 3.05) is 26.3 Å². The molecule has 0 unspecified atom stereocenters. The fourth-order valence-electron chi connectivity index (χ4n) is 5.12. The summed E-state index contributed by atoms with van der Waals surface area (Å²) in [7, 11) is 0. The van der Waals surface area contributed by atoms with Crippen LogP contribution in [0.2, 0.25) is 0 Å². The number of benzene rings is 2. The van der Waals surface area contributed by atoms with Crippen LogP contribution >= 0.6 is 0 Å². The number of piperidine rings is 1. The maximum absolute atomic E-state index is 15.2. The first-order chi connectivity index (χ1) is 21.4. The molecule has 13 heteroatoms. The number of fused-ring (bicyclic) bond motifs is 1. The van der Waals surface area contributed by atoms with Crippen LogP contribution in [0.5, 0.6) is 17.4 Å². The minimum Gasteiger partial charge on any atom is -0.473 e. The van der Waals surface area contributed by atoms with Crippen LogP contribution in [-0.2, 0) is 6.42 Å². The highest BCUT2D eigenvalue weighted by Gasteiger charge is 2.24. The Morgan fingerprint density at radius 2 is 1.80 bits per heavy atom. The first-order valence-electron chi connectivity index (χ1n) is 14.0. The van der Waals surface area contributed by atoms with E-state index in [1.54, 1.807) is 6.07 Å². The molecule has 1 fully saturated rings. The van der Waals surface area contributed by atoms with Crippen LogP contribution in [0.1, 0.15) is 28.8 Å². The van der Waals surface area contributed by atoms with Crippen molar-refractivity contribution in [3.05, 3.63) is 100 Å². The van der Waals surface area contributed by atoms with Crippen LogP contribution in [0.15, 0.2) is 71.8 Å². The fourth-order valence-corrected chi connectivity index (χ4v) is 5.12. The molecule has 0 atom stereocenters. The third-order valence-electron chi connectivity index (χ3n) is 7.40. The van der Waals surface area contributed by atoms with Crippen LogP contribution < -0.4 is 15.0 Å². The summed E-state index contributed by atoms with van der Waals surface area (Å²) in [6, 6.07) is 12.1. The summed E-state index contributed by atoms with van der Waals surface area (Å²) in [5.74, 6) is -1.27. The number of nitrogens with one attached hydrogen (secondary N) is 1. The van der Waals surface area contributed by atoms with Gasteiger partial charge in [0.05, 0.1) is 11.3 Å². The molecular formula is C31H27F3N6O4. The quantitative estimate of drug-likeness (QED) is 0.226. The van der Waals surface area contributed by atoms with Gasteiger partial charge in [0.2, 0.25) is 5.88 Å². The van der Waals surface area contributed by atoms with Crippen LogP contribution in [0.4, 0.5) is 13.2 Å². The molecule has 10 nitrogen and oxygen atoms in total. The van der Waals surface area contributed by atoms with E-state index in [0.717, 1.165) is 4.68 Å². The molecule has 0 radical (unpaired) electrons. The van der Waals surface area contributed by atoms with E-state index < -0.39 is 23.0 Å². The van der Waals surface area contributed by atoms with Gasteiger partial charge in [0.25, 0.3) is 5.56 Å². The Bertz CT molecular complexity index is 1850. The summed E-state index contributed by atoms with van der Waals surface area (Å²) in [6.07, 6.45) is 3.84. The summed E-state index contributed by atoms with van der Waals surface area (Å²) in [6.45, 7) is 1.44. The number of likely N-dealkylation sites (tertiary alicyclic amines) is 1. The van der Waals surface area contributed by atoms with Crippen LogP contribution in [0, 0.1) is 11.6 Å². The van der Waals surface area contributed by atoms with Crippen molar-refractivity contribution < 1.29 is 27.4 Å². The maximum atomic E-state index is 15.2. The maximum Gasteiger partial charge on any atom is 0.282 e. The van der Waals surface area contributed by atoms with E-state index in [1.807, 2.05) is 4.90 Å². The summed E-state index contributed by atoms with van der Waals surface area (Å²) >= 11 is 0. The number of hydrogen-bond donors (Lipinski definition) is 1. The van der Waals surface area contributed by atoms with Crippen molar-refractivity contribution >= 4 is 16.8 Å². The van der Waals surface area contributed by atoms with Crippen molar-refractivity contribution in [2.45, 2.75) is 25.4 Å². The number of ether oxygens (including phenoxy) is 2. The van der Waals surface area contributed by atoms with Gasteiger partial charge in [-0.05, 0) is 60.9 Å². The van der Waals surface area contributed by atoms with E-state index in [9.17, 15) is 18.4 Å². The molecule has 0 saturated carbocycles. The lowest BCUT2D eigenvalue weighted by molar-refractivity contribution is 0.0943. The number of halogens is 3. The molecule has 2 aromatic carbocycles. The molecule has 1 N–H and O–H groups in total. The largest absolute Gasteiger partial charge is 0.473 e. The lowest BCUT2D eigenvalue weighted by atomic mass is 10.0. The molecule has 3 aromatic heterocycles. The van der Waals surface area contributed by atoms with Crippen molar-refractivity contribution in [3.63, 3.8) is 0 Å². The summed E-state index contributed by atoms with van der Waals surface area (Å²) < 4.78 is 54.3. The second-order valence-electron chi connectivity index (χ2n) is 10.3. The Labute approximate surface area is 249 Å². The molecule has 4 heterocycles. The molecule has 1 aliphatic rings. The van der Waals surface area contributed by atoms with Crippen molar-refractivity contribution in [1.82, 2.24) is 29.9 Å². The summed E-state index contributed by atoms with van der Waals surface area (Å²) in [5.41, 5.74) is 0.225. The van der Waals surface area contributed by atoms with Gasteiger partial charge in [-0.1, -0.05) is 6.07 Å². The molecule has 0 amide bonds. The fraction of sp³-hybridized carbons (Fsp3) is 0.258. The van der Waals surface area contributed by atoms with Gasteiger partial charge in [-0.3, -0.25) is 14.7 Å². The summed E-state index contributed by atoms with van der Waals surface area (Å²) in [5, 5.41) is 11.5. The van der Waals surface area contributed by atoms with E-state index in [1.165, 1.54) is 60.9 Å². The van der Waals surface area contributed by atoms with E-state index in [4.69, 9.17) is 9.47 Å². The van der Waals surface area contributed by atoms with E-state index in [2.05, 4.69) is 20.3 Å². The Kier molecular flexibility index (Phi) is 8.37. The van der Waals surface area contributed by atoms with E-state index in [0.29, 0.717) is 54.8 Å². The molecular weight excluding hydrogens is 577 g/mol. The first kappa shape index (κ1) is 29.1. The first-order valence-corrected chi connectivity index (χ1v) is 14.0. The van der Waals surface area contributed by atoms with Gasteiger partial charge >= 0.3 is 0 Å². The van der Waals surface area contributed by atoms with Crippen LogP contribution in [0.25, 0.3) is 16.7 Å². The zero-order valence-electron chi connectivity index (χ0n) is 23.4. The molecule has 44 heavy (non-hydrogen) atoms. The molecule has 6 rings (SSSR count). The number of aromatic amines is 1. The third kappa shape index (κ3) is 6.18. The standard InChI is InChI=1S/C31H27F3N6O4/c32-11-16-39-14-9-22(10-15-39)43-30-28-27(8-12-35-29(28)37-38-30)44-26-6-1-19(17-24(26)34)18-25(41)23-7-13-36-40(31(23)42)21-4-2-20(33)3-5-21/h1-8,12-13,17,22H,9-11,14-16,18H2,(H,35,37,38). The number of ketones is 1. The van der Waals surface area contributed by atoms with Gasteiger partial charge in [0.15, 0.2) is 23.0 Å². The number of rotatable bonds is 10. The van der Waals surface area contributed by atoms with Crippen LogP contribution in [0.3, 0.4) is 0 Å². The number of pyridine rings is 1. The highest BCUT2D eigenvalue weighted by Crippen LogP contribution is 2.36. The van der Waals surface area contributed by atoms with Gasteiger partial charge in [-0.2, -0.15) is 9.78 Å². The van der Waals surface area contributed by atoms with Gasteiger partial charge in [0, 0.05) is 44.5 Å². The molecule has 0 aliphatic carbocycles. The van der Waals surface area contributed by atoms with E-state index in [-0.39, 0.29) is 42.1 Å². The zero-order chi connectivity index (χ0) is 30.6. The number of carbonyl (C=O) groups excluding carboxylic acids is 1. The van der Waals surface area contributed by atoms with Gasteiger partial charge in [-0.15, -0.1) is 5.10 Å². The number of H-pyrrole nitrogens is 1. The highest BCUT2D eigenvalue weighted by atomic mass is 19.1. The number of Topliss-reactive ketones (excluding diaryl/α,β-unsaturated/α-hetero) is 1. The van der Waals surface area contributed by atoms with Gasteiger partial charge in [-0.25, -0.2) is 18.2 Å². The van der Waals surface area contributed by atoms with E-state index >= 15 is 4.39 Å². The van der Waals surface area contributed by atoms with Crippen molar-refractivity contribution in [2.24, 2.45) is 0 Å². The lowest BCUT2D eigenvalue weighted by Crippen LogP contribution is -2.39. The monoisotopic (exact) mass is 604 g/mol. The Morgan fingerprint density at radius 1 is 1.00 bits per heavy atom. The molecule has 0 spiro atoms. The molecule has 0 bridgehead atoms. The van der Waals surface area contributed by atoms with Crippen molar-refractivity contribution in [3.8, 4) is 23.1 Å². The predicted octanol–water partition coefficient (Wildman–Crippen LogP) is 4.81. The van der Waals surface area contributed by atoms with Crippen molar-refractivity contribution in [1.29, 1.82) is 0 Å². The third-order valence-corrected chi connectivity index (χ3v) is 7.40. The average molecular weight is 605 g/mol. The number of alkyl halides is 1. The highest BCUT2D eigenvalue weighted by molar-refractivity contribution is 5.97. The average Bonchev–Trinajstić information content (AvgIpc) is 3.44. The number of carbonyl (C=O) groups is 1. The second kappa shape index (κ2) is 12.7. The minimum absolute atomic E-state index is 0.0945. The topological polar surface area (TPSA) is 115 Å². The SMILES string of the molecule is O=C(Cc1ccc(Oc2ccnc3[nH]nc(OC4CCN(CCF)CC4)c23)c(F)c1)c1ccnn(-c2ccc(F)cc2)c1=O. The van der Waals surface area contributed by atoms with Gasteiger partial charge in [0.1, 0.15) is 29.7 Å². The molecule has 226 valence electrons. The minimum atomic E-state index is -0.718. The lowest BCUT2D eigenvalue weighted by Gasteiger charge is -2.30. The Morgan fingerprint density at radius 3 is 2.55 bits per heavy atom.